The summed E-state index contributed by atoms with van der Waals surface area (Å²) >= 11 is 0. The normalized spacial score (nSPS) is 27.2. The lowest BCUT2D eigenvalue weighted by atomic mass is 9.78. The maximum absolute atomic E-state index is 5.94. The molecule has 2 aromatic rings. The molecule has 1 spiro atoms. The molecule has 3 nitrogen and oxygen atoms in total. The number of pyridine rings is 1. The number of rotatable bonds is 3. The van der Waals surface area contributed by atoms with Crippen LogP contribution in [-0.4, -0.2) is 18.1 Å². The highest BCUT2D eigenvalue weighted by molar-refractivity contribution is 5.33. The molecule has 2 unspecified atom stereocenters. The number of piperidine rings is 1. The quantitative estimate of drug-likeness (QED) is 0.906. The maximum atomic E-state index is 5.94. The van der Waals surface area contributed by atoms with Gasteiger partial charge in [-0.05, 0) is 73.7 Å². The van der Waals surface area contributed by atoms with Crippen LogP contribution in [0.1, 0.15) is 43.6 Å². The van der Waals surface area contributed by atoms with E-state index in [1.54, 1.807) is 0 Å². The number of nitrogens with one attached hydrogen (secondary N) is 1. The van der Waals surface area contributed by atoms with Crippen LogP contribution in [0.4, 0.5) is 0 Å². The first kappa shape index (κ1) is 14.7. The topological polar surface area (TPSA) is 34.1 Å². The van der Waals surface area contributed by atoms with Gasteiger partial charge in [0.05, 0.1) is 6.20 Å². The van der Waals surface area contributed by atoms with Crippen molar-refractivity contribution in [1.82, 2.24) is 10.3 Å². The van der Waals surface area contributed by atoms with Gasteiger partial charge in [-0.3, -0.25) is 4.98 Å². The fraction of sp³-hybridized carbons (Fsp3) is 0.450. The van der Waals surface area contributed by atoms with Crippen LogP contribution in [0.25, 0.3) is 0 Å². The molecule has 2 heterocycles. The van der Waals surface area contributed by atoms with Crippen molar-refractivity contribution in [2.24, 2.45) is 5.41 Å². The zero-order valence-electron chi connectivity index (χ0n) is 13.5. The molecular formula is C20H24N2O. The minimum atomic E-state index is 0.527. The second kappa shape index (κ2) is 6.32. The zero-order valence-corrected chi connectivity index (χ0v) is 13.5. The predicted molar refractivity (Wildman–Crippen MR) is 91.9 cm³/mol. The highest BCUT2D eigenvalue weighted by atomic mass is 16.5. The number of hydrogen-bond acceptors (Lipinski definition) is 3. The Kier molecular flexibility index (Phi) is 4.04. The second-order valence-electron chi connectivity index (χ2n) is 7.09. The van der Waals surface area contributed by atoms with Crippen molar-refractivity contribution in [3.05, 3.63) is 54.4 Å². The molecule has 1 saturated heterocycles. The van der Waals surface area contributed by atoms with Crippen molar-refractivity contribution in [2.75, 3.05) is 13.1 Å². The molecule has 1 aromatic heterocycles. The van der Waals surface area contributed by atoms with E-state index in [0.29, 0.717) is 11.3 Å². The molecule has 1 aliphatic carbocycles. The van der Waals surface area contributed by atoms with Gasteiger partial charge in [0.2, 0.25) is 0 Å². The largest absolute Gasteiger partial charge is 0.456 e. The number of ether oxygens (including phenoxy) is 1. The molecule has 0 amide bonds. The third kappa shape index (κ3) is 3.25. The number of hydrogen-bond donors (Lipinski definition) is 1. The fourth-order valence-corrected chi connectivity index (χ4v) is 4.25. The van der Waals surface area contributed by atoms with Crippen molar-refractivity contribution in [2.45, 2.75) is 38.0 Å². The molecule has 0 radical (unpaired) electrons. The minimum Gasteiger partial charge on any atom is -0.456 e. The van der Waals surface area contributed by atoms with Gasteiger partial charge in [-0.2, -0.15) is 0 Å². The Labute approximate surface area is 138 Å². The first-order valence-corrected chi connectivity index (χ1v) is 8.72. The molecule has 1 aliphatic heterocycles. The van der Waals surface area contributed by atoms with Gasteiger partial charge in [-0.15, -0.1) is 0 Å². The average molecular weight is 308 g/mol. The van der Waals surface area contributed by atoms with Crippen LogP contribution < -0.4 is 10.1 Å². The van der Waals surface area contributed by atoms with E-state index in [0.717, 1.165) is 11.5 Å². The van der Waals surface area contributed by atoms with Crippen LogP contribution in [0.5, 0.6) is 11.5 Å². The van der Waals surface area contributed by atoms with E-state index in [4.69, 9.17) is 4.74 Å². The molecule has 1 aromatic carbocycles. The molecule has 120 valence electrons. The third-order valence-electron chi connectivity index (χ3n) is 5.45. The van der Waals surface area contributed by atoms with Gasteiger partial charge < -0.3 is 10.1 Å². The highest BCUT2D eigenvalue weighted by Crippen LogP contribution is 2.50. The molecule has 1 saturated carbocycles. The molecule has 3 heteroatoms. The molecule has 1 N–H and O–H groups in total. The van der Waals surface area contributed by atoms with E-state index in [2.05, 4.69) is 16.4 Å². The lowest BCUT2D eigenvalue weighted by Gasteiger charge is -2.34. The fourth-order valence-electron chi connectivity index (χ4n) is 4.25. The molecular weight excluding hydrogens is 284 g/mol. The van der Waals surface area contributed by atoms with Crippen molar-refractivity contribution in [1.29, 1.82) is 0 Å². The molecule has 4 rings (SSSR count). The summed E-state index contributed by atoms with van der Waals surface area (Å²) in [6, 6.07) is 12.1. The standard InChI is InChI=1S/C20H24N2O/c1-2-5-18(6-3-1)23-19-11-17(13-22-14-19)16-7-9-20(12-16)8-4-10-21-15-20/h1-3,5-6,11,13-14,16,21H,4,7-10,12,15H2. The van der Waals surface area contributed by atoms with Gasteiger partial charge in [0.15, 0.2) is 0 Å². The smallest absolute Gasteiger partial charge is 0.145 e. The van der Waals surface area contributed by atoms with Crippen LogP contribution >= 0.6 is 0 Å². The number of aromatic nitrogens is 1. The zero-order chi connectivity index (χ0) is 15.5. The van der Waals surface area contributed by atoms with Crippen LogP contribution in [0.2, 0.25) is 0 Å². The van der Waals surface area contributed by atoms with Gasteiger partial charge in [0.1, 0.15) is 11.5 Å². The molecule has 2 atom stereocenters. The maximum Gasteiger partial charge on any atom is 0.145 e. The first-order valence-electron chi connectivity index (χ1n) is 8.72. The predicted octanol–water partition coefficient (Wildman–Crippen LogP) is 4.51. The molecule has 2 fully saturated rings. The van der Waals surface area contributed by atoms with E-state index in [1.165, 1.54) is 50.8 Å². The third-order valence-corrected chi connectivity index (χ3v) is 5.45. The van der Waals surface area contributed by atoms with Gasteiger partial charge in [0.25, 0.3) is 0 Å². The minimum absolute atomic E-state index is 0.527. The second-order valence-corrected chi connectivity index (χ2v) is 7.09. The van der Waals surface area contributed by atoms with E-state index in [-0.39, 0.29) is 0 Å². The van der Waals surface area contributed by atoms with Crippen LogP contribution in [0.15, 0.2) is 48.8 Å². The summed E-state index contributed by atoms with van der Waals surface area (Å²) < 4.78 is 5.94. The summed E-state index contributed by atoms with van der Waals surface area (Å²) in [6.45, 7) is 2.38. The van der Waals surface area contributed by atoms with E-state index in [9.17, 15) is 0 Å². The summed E-state index contributed by atoms with van der Waals surface area (Å²) in [7, 11) is 0. The Morgan fingerprint density at radius 1 is 1.09 bits per heavy atom. The summed E-state index contributed by atoms with van der Waals surface area (Å²) in [5.41, 5.74) is 1.86. The van der Waals surface area contributed by atoms with E-state index < -0.39 is 0 Å². The van der Waals surface area contributed by atoms with Gasteiger partial charge >= 0.3 is 0 Å². The Morgan fingerprint density at radius 3 is 2.83 bits per heavy atom. The average Bonchev–Trinajstić information content (AvgIpc) is 3.00. The first-order chi connectivity index (χ1) is 11.3. The summed E-state index contributed by atoms with van der Waals surface area (Å²) in [6.07, 6.45) is 10.4. The summed E-state index contributed by atoms with van der Waals surface area (Å²) in [4.78, 5) is 4.42. The van der Waals surface area contributed by atoms with Gasteiger partial charge in [-0.25, -0.2) is 0 Å². The lowest BCUT2D eigenvalue weighted by molar-refractivity contribution is 0.214. The monoisotopic (exact) mass is 308 g/mol. The van der Waals surface area contributed by atoms with Crippen LogP contribution in [0, 0.1) is 5.41 Å². The Morgan fingerprint density at radius 2 is 2.00 bits per heavy atom. The van der Waals surface area contributed by atoms with E-state index in [1.807, 2.05) is 42.7 Å². The Balaban J connectivity index is 1.48. The number of nitrogens with zero attached hydrogens (tertiary/aromatic N) is 1. The highest BCUT2D eigenvalue weighted by Gasteiger charge is 2.40. The summed E-state index contributed by atoms with van der Waals surface area (Å²) in [5, 5.41) is 3.59. The van der Waals surface area contributed by atoms with Crippen LogP contribution in [-0.2, 0) is 0 Å². The van der Waals surface area contributed by atoms with E-state index >= 15 is 0 Å². The van der Waals surface area contributed by atoms with Crippen molar-refractivity contribution < 1.29 is 4.74 Å². The van der Waals surface area contributed by atoms with Crippen molar-refractivity contribution >= 4 is 0 Å². The lowest BCUT2D eigenvalue weighted by Crippen LogP contribution is -2.38. The Bertz CT molecular complexity index is 650. The Hall–Kier alpha value is -1.87. The molecule has 23 heavy (non-hydrogen) atoms. The SMILES string of the molecule is c1ccc(Oc2cncc(C3CCC4(CCCNC4)C3)c2)cc1. The number of benzene rings is 1. The molecule has 2 aliphatic rings. The van der Waals surface area contributed by atoms with Gasteiger partial charge in [-0.1, -0.05) is 18.2 Å². The molecule has 0 bridgehead atoms. The van der Waals surface area contributed by atoms with Crippen molar-refractivity contribution in [3.8, 4) is 11.5 Å². The van der Waals surface area contributed by atoms with Gasteiger partial charge in [0, 0.05) is 12.7 Å². The van der Waals surface area contributed by atoms with Crippen molar-refractivity contribution in [3.63, 3.8) is 0 Å². The van der Waals surface area contributed by atoms with Crippen LogP contribution in [0.3, 0.4) is 0 Å². The number of para-hydroxylation sites is 1. The summed E-state index contributed by atoms with van der Waals surface area (Å²) in [5.74, 6) is 2.34.